The lowest BCUT2D eigenvalue weighted by Crippen LogP contribution is -1.88. The zero-order chi connectivity index (χ0) is 13.2. The monoisotopic (exact) mass is 242 g/mol. The molecule has 1 aliphatic carbocycles. The molecule has 0 fully saturated rings. The third-order valence-corrected chi connectivity index (χ3v) is 2.94. The van der Waals surface area contributed by atoms with Gasteiger partial charge in [-0.2, -0.15) is 0 Å². The highest BCUT2D eigenvalue weighted by molar-refractivity contribution is 5.66. The lowest BCUT2D eigenvalue weighted by molar-refractivity contribution is -0.104. The Morgan fingerprint density at radius 1 is 1.11 bits per heavy atom. The first-order valence-electron chi connectivity index (χ1n) is 6.56. The standard InChI is InChI=1S/C17H22O/c1-15(7-6-8-16(2)13-14-18)11-12-17-9-4-3-5-10-17/h6-9,11-14H,3-5,10H2,1-2H3. The van der Waals surface area contributed by atoms with Gasteiger partial charge in [0.1, 0.15) is 6.29 Å². The van der Waals surface area contributed by atoms with Crippen LogP contribution < -0.4 is 0 Å². The van der Waals surface area contributed by atoms with Gasteiger partial charge < -0.3 is 0 Å². The summed E-state index contributed by atoms with van der Waals surface area (Å²) in [6, 6.07) is 0. The summed E-state index contributed by atoms with van der Waals surface area (Å²) in [6.45, 7) is 4.00. The van der Waals surface area contributed by atoms with E-state index in [1.54, 1.807) is 6.08 Å². The van der Waals surface area contributed by atoms with Gasteiger partial charge in [0.05, 0.1) is 0 Å². The first-order valence-corrected chi connectivity index (χ1v) is 6.56. The van der Waals surface area contributed by atoms with E-state index < -0.39 is 0 Å². The molecule has 0 unspecified atom stereocenters. The maximum atomic E-state index is 10.2. The normalized spacial score (nSPS) is 18.4. The molecule has 18 heavy (non-hydrogen) atoms. The largest absolute Gasteiger partial charge is 0.299 e. The van der Waals surface area contributed by atoms with Gasteiger partial charge in [-0.3, -0.25) is 4.79 Å². The third-order valence-electron chi connectivity index (χ3n) is 2.94. The molecular formula is C17H22O. The molecule has 0 atom stereocenters. The summed E-state index contributed by atoms with van der Waals surface area (Å²) in [5.74, 6) is 0. The van der Waals surface area contributed by atoms with Gasteiger partial charge in [-0.15, -0.1) is 0 Å². The summed E-state index contributed by atoms with van der Waals surface area (Å²) in [7, 11) is 0. The summed E-state index contributed by atoms with van der Waals surface area (Å²) >= 11 is 0. The third kappa shape index (κ3) is 6.19. The second-order valence-corrected chi connectivity index (χ2v) is 4.67. The minimum absolute atomic E-state index is 0.811. The fourth-order valence-electron chi connectivity index (χ4n) is 1.82. The number of hydrogen-bond acceptors (Lipinski definition) is 1. The number of carbonyl (C=O) groups is 1. The highest BCUT2D eigenvalue weighted by Gasteiger charge is 1.98. The van der Waals surface area contributed by atoms with Crippen LogP contribution >= 0.6 is 0 Å². The maximum Gasteiger partial charge on any atom is 0.143 e. The van der Waals surface area contributed by atoms with Crippen molar-refractivity contribution in [2.24, 2.45) is 0 Å². The SMILES string of the molecule is CC(C=CC=C(C)C=CC1=CCCCC1)=CC=O. The van der Waals surface area contributed by atoms with Crippen molar-refractivity contribution < 1.29 is 4.79 Å². The smallest absolute Gasteiger partial charge is 0.143 e. The Labute approximate surface area is 110 Å². The van der Waals surface area contributed by atoms with Crippen molar-refractivity contribution >= 4 is 6.29 Å². The topological polar surface area (TPSA) is 17.1 Å². The molecule has 0 saturated heterocycles. The van der Waals surface area contributed by atoms with Gasteiger partial charge in [-0.05, 0) is 51.2 Å². The van der Waals surface area contributed by atoms with Gasteiger partial charge in [0, 0.05) is 0 Å². The van der Waals surface area contributed by atoms with E-state index in [-0.39, 0.29) is 0 Å². The molecule has 0 aromatic heterocycles. The number of hydrogen-bond donors (Lipinski definition) is 0. The zero-order valence-electron chi connectivity index (χ0n) is 11.4. The molecule has 0 amide bonds. The summed E-state index contributed by atoms with van der Waals surface area (Å²) in [5, 5.41) is 0. The number of aldehydes is 1. The van der Waals surface area contributed by atoms with Crippen LogP contribution in [0, 0.1) is 0 Å². The van der Waals surface area contributed by atoms with E-state index in [0.717, 1.165) is 11.9 Å². The average Bonchev–Trinajstić information content (AvgIpc) is 2.38. The fourth-order valence-corrected chi connectivity index (χ4v) is 1.82. The van der Waals surface area contributed by atoms with Crippen LogP contribution in [0.2, 0.25) is 0 Å². The van der Waals surface area contributed by atoms with Crippen LogP contribution in [0.1, 0.15) is 39.5 Å². The van der Waals surface area contributed by atoms with Crippen LogP contribution in [0.4, 0.5) is 0 Å². The van der Waals surface area contributed by atoms with Gasteiger partial charge in [0.15, 0.2) is 0 Å². The van der Waals surface area contributed by atoms with Crippen molar-refractivity contribution in [3.63, 3.8) is 0 Å². The zero-order valence-corrected chi connectivity index (χ0v) is 11.4. The Morgan fingerprint density at radius 3 is 2.56 bits per heavy atom. The predicted molar refractivity (Wildman–Crippen MR) is 78.4 cm³/mol. The maximum absolute atomic E-state index is 10.2. The van der Waals surface area contributed by atoms with Gasteiger partial charge in [-0.25, -0.2) is 0 Å². The Morgan fingerprint density at radius 2 is 1.89 bits per heavy atom. The van der Waals surface area contributed by atoms with E-state index >= 15 is 0 Å². The summed E-state index contributed by atoms with van der Waals surface area (Å²) in [5.41, 5.74) is 3.64. The molecule has 0 aromatic carbocycles. The van der Waals surface area contributed by atoms with E-state index in [1.807, 2.05) is 19.1 Å². The van der Waals surface area contributed by atoms with Crippen molar-refractivity contribution in [3.05, 3.63) is 59.3 Å². The molecule has 0 spiro atoms. The lowest BCUT2D eigenvalue weighted by Gasteiger charge is -2.07. The van der Waals surface area contributed by atoms with Gasteiger partial charge >= 0.3 is 0 Å². The molecule has 0 heterocycles. The van der Waals surface area contributed by atoms with E-state index in [1.165, 1.54) is 36.8 Å². The molecule has 0 bridgehead atoms. The lowest BCUT2D eigenvalue weighted by atomic mass is 9.99. The summed E-state index contributed by atoms with van der Waals surface area (Å²) in [4.78, 5) is 10.2. The van der Waals surface area contributed by atoms with Crippen molar-refractivity contribution in [1.29, 1.82) is 0 Å². The number of carbonyl (C=O) groups excluding carboxylic acids is 1. The molecular weight excluding hydrogens is 220 g/mol. The van der Waals surface area contributed by atoms with E-state index in [0.29, 0.717) is 0 Å². The second-order valence-electron chi connectivity index (χ2n) is 4.67. The molecule has 0 saturated carbocycles. The number of rotatable bonds is 5. The van der Waals surface area contributed by atoms with Gasteiger partial charge in [-0.1, -0.05) is 47.6 Å². The second kappa shape index (κ2) is 8.46. The first kappa shape index (κ1) is 14.4. The molecule has 0 aromatic rings. The molecule has 0 N–H and O–H groups in total. The van der Waals surface area contributed by atoms with E-state index in [4.69, 9.17) is 0 Å². The molecule has 1 aliphatic rings. The van der Waals surface area contributed by atoms with Crippen LogP contribution in [0.5, 0.6) is 0 Å². The van der Waals surface area contributed by atoms with Gasteiger partial charge in [0.25, 0.3) is 0 Å². The van der Waals surface area contributed by atoms with Crippen LogP contribution in [-0.4, -0.2) is 6.29 Å². The summed E-state index contributed by atoms with van der Waals surface area (Å²) < 4.78 is 0. The Balaban J connectivity index is 2.51. The van der Waals surface area contributed by atoms with Crippen molar-refractivity contribution in [1.82, 2.24) is 0 Å². The minimum atomic E-state index is 0.811. The van der Waals surface area contributed by atoms with Crippen molar-refractivity contribution in [3.8, 4) is 0 Å². The minimum Gasteiger partial charge on any atom is -0.299 e. The Hall–Kier alpha value is -1.63. The highest BCUT2D eigenvalue weighted by Crippen LogP contribution is 2.18. The fraction of sp³-hybridized carbons (Fsp3) is 0.353. The molecule has 0 radical (unpaired) electrons. The van der Waals surface area contributed by atoms with Crippen LogP contribution in [0.3, 0.4) is 0 Å². The highest BCUT2D eigenvalue weighted by atomic mass is 16.1. The predicted octanol–water partition coefficient (Wildman–Crippen LogP) is 4.69. The van der Waals surface area contributed by atoms with Crippen LogP contribution in [-0.2, 0) is 4.79 Å². The average molecular weight is 242 g/mol. The molecule has 1 nitrogen and oxygen atoms in total. The van der Waals surface area contributed by atoms with E-state index in [2.05, 4.69) is 31.2 Å². The molecule has 96 valence electrons. The first-order chi connectivity index (χ1) is 8.72. The molecule has 0 aliphatic heterocycles. The van der Waals surface area contributed by atoms with Crippen molar-refractivity contribution in [2.45, 2.75) is 39.5 Å². The van der Waals surface area contributed by atoms with Crippen LogP contribution in [0.15, 0.2) is 59.3 Å². The number of allylic oxidation sites excluding steroid dienone is 10. The van der Waals surface area contributed by atoms with Gasteiger partial charge in [0.2, 0.25) is 0 Å². The summed E-state index contributed by atoms with van der Waals surface area (Å²) in [6.07, 6.45) is 20.1. The Bertz CT molecular complexity index is 417. The van der Waals surface area contributed by atoms with Crippen molar-refractivity contribution in [2.75, 3.05) is 0 Å². The molecule has 1 rings (SSSR count). The van der Waals surface area contributed by atoms with E-state index in [9.17, 15) is 4.79 Å². The Kier molecular flexibility index (Phi) is 6.78. The molecule has 1 heteroatoms. The quantitative estimate of drug-likeness (QED) is 0.388. The van der Waals surface area contributed by atoms with Crippen LogP contribution in [0.25, 0.3) is 0 Å².